The molecule has 0 saturated heterocycles. The van der Waals surface area contributed by atoms with Crippen LogP contribution in [0.3, 0.4) is 0 Å². The van der Waals surface area contributed by atoms with Crippen molar-refractivity contribution in [2.75, 3.05) is 0 Å². The highest BCUT2D eigenvalue weighted by atomic mass is 32.1. The fourth-order valence-corrected chi connectivity index (χ4v) is 3.18. The number of nitrogens with zero attached hydrogens (tertiary/aromatic N) is 4. The standard InChI is InChI=1S/C19H11FN4O2S/c20-13-8-4-7-12(9-13)16-21-10-14(19(25)26)15(22-16)18-23-17(24-27-18)11-5-2-1-3-6-11/h1-10H,(H,25,26). The van der Waals surface area contributed by atoms with Crippen molar-refractivity contribution in [2.24, 2.45) is 0 Å². The minimum absolute atomic E-state index is 0.0917. The zero-order chi connectivity index (χ0) is 18.8. The molecule has 0 fully saturated rings. The largest absolute Gasteiger partial charge is 0.478 e. The van der Waals surface area contributed by atoms with E-state index in [2.05, 4.69) is 19.3 Å². The van der Waals surface area contributed by atoms with Crippen LogP contribution in [-0.2, 0) is 0 Å². The van der Waals surface area contributed by atoms with E-state index >= 15 is 0 Å². The third-order valence-electron chi connectivity index (χ3n) is 3.76. The van der Waals surface area contributed by atoms with E-state index in [1.54, 1.807) is 6.07 Å². The summed E-state index contributed by atoms with van der Waals surface area (Å²) < 4.78 is 17.8. The molecule has 4 rings (SSSR count). The van der Waals surface area contributed by atoms with Gasteiger partial charge < -0.3 is 5.11 Å². The molecule has 0 aliphatic carbocycles. The van der Waals surface area contributed by atoms with Crippen molar-refractivity contribution in [1.82, 2.24) is 19.3 Å². The fourth-order valence-electron chi connectivity index (χ4n) is 2.49. The number of carboxylic acid groups (broad SMARTS) is 1. The lowest BCUT2D eigenvalue weighted by molar-refractivity contribution is 0.0697. The van der Waals surface area contributed by atoms with Gasteiger partial charge in [0, 0.05) is 17.3 Å². The molecule has 0 atom stereocenters. The first kappa shape index (κ1) is 16.9. The second-order valence-electron chi connectivity index (χ2n) is 5.56. The molecule has 27 heavy (non-hydrogen) atoms. The minimum atomic E-state index is -1.17. The van der Waals surface area contributed by atoms with Gasteiger partial charge in [0.2, 0.25) is 0 Å². The summed E-state index contributed by atoms with van der Waals surface area (Å²) in [5.41, 5.74) is 1.32. The van der Waals surface area contributed by atoms with Crippen LogP contribution in [0.2, 0.25) is 0 Å². The van der Waals surface area contributed by atoms with Gasteiger partial charge in [-0.15, -0.1) is 0 Å². The molecule has 0 amide bonds. The van der Waals surface area contributed by atoms with Gasteiger partial charge in [-0.3, -0.25) is 0 Å². The van der Waals surface area contributed by atoms with Crippen molar-refractivity contribution in [2.45, 2.75) is 0 Å². The molecule has 2 aromatic heterocycles. The maximum absolute atomic E-state index is 13.5. The Kier molecular flexibility index (Phi) is 4.39. The molecule has 1 N–H and O–H groups in total. The van der Waals surface area contributed by atoms with Crippen LogP contribution < -0.4 is 0 Å². The van der Waals surface area contributed by atoms with E-state index in [1.807, 2.05) is 30.3 Å². The third kappa shape index (κ3) is 3.42. The topological polar surface area (TPSA) is 88.9 Å². The molecule has 0 bridgehead atoms. The maximum atomic E-state index is 13.5. The first-order valence-electron chi connectivity index (χ1n) is 7.87. The highest BCUT2D eigenvalue weighted by Gasteiger charge is 2.20. The van der Waals surface area contributed by atoms with Gasteiger partial charge in [-0.05, 0) is 23.7 Å². The second kappa shape index (κ2) is 7.00. The smallest absolute Gasteiger partial charge is 0.339 e. The van der Waals surface area contributed by atoms with E-state index in [1.165, 1.54) is 24.4 Å². The summed E-state index contributed by atoms with van der Waals surface area (Å²) in [6.07, 6.45) is 1.20. The maximum Gasteiger partial charge on any atom is 0.339 e. The summed E-state index contributed by atoms with van der Waals surface area (Å²) in [5, 5.41) is 9.83. The highest BCUT2D eigenvalue weighted by Crippen LogP contribution is 2.28. The Bertz CT molecular complexity index is 1130. The van der Waals surface area contributed by atoms with E-state index in [4.69, 9.17) is 0 Å². The highest BCUT2D eigenvalue weighted by molar-refractivity contribution is 7.09. The summed E-state index contributed by atoms with van der Waals surface area (Å²) >= 11 is 1.05. The SMILES string of the molecule is O=C(O)c1cnc(-c2cccc(F)c2)nc1-c1nc(-c2ccccc2)ns1. The number of benzene rings is 2. The molecule has 6 nitrogen and oxygen atoms in total. The van der Waals surface area contributed by atoms with Gasteiger partial charge in [-0.25, -0.2) is 24.1 Å². The molecular formula is C19H11FN4O2S. The van der Waals surface area contributed by atoms with Crippen molar-refractivity contribution in [1.29, 1.82) is 0 Å². The summed E-state index contributed by atoms with van der Waals surface area (Å²) in [7, 11) is 0. The monoisotopic (exact) mass is 378 g/mol. The van der Waals surface area contributed by atoms with Crippen LogP contribution in [0.15, 0.2) is 60.8 Å². The van der Waals surface area contributed by atoms with Crippen molar-refractivity contribution < 1.29 is 14.3 Å². The second-order valence-corrected chi connectivity index (χ2v) is 6.31. The normalized spacial score (nSPS) is 10.7. The summed E-state index contributed by atoms with van der Waals surface area (Å²) in [4.78, 5) is 24.4. The van der Waals surface area contributed by atoms with E-state index in [-0.39, 0.29) is 17.1 Å². The van der Waals surface area contributed by atoms with Gasteiger partial charge in [-0.1, -0.05) is 42.5 Å². The van der Waals surface area contributed by atoms with Crippen LogP contribution in [-0.4, -0.2) is 30.4 Å². The molecule has 2 aromatic carbocycles. The average molecular weight is 378 g/mol. The zero-order valence-corrected chi connectivity index (χ0v) is 14.5. The number of aromatic carboxylic acids is 1. The quantitative estimate of drug-likeness (QED) is 0.573. The van der Waals surface area contributed by atoms with Crippen molar-refractivity contribution >= 4 is 17.5 Å². The van der Waals surface area contributed by atoms with Crippen LogP contribution in [0, 0.1) is 5.82 Å². The summed E-state index contributed by atoms with van der Waals surface area (Å²) in [6, 6.07) is 15.1. The molecular weight excluding hydrogens is 367 g/mol. The van der Waals surface area contributed by atoms with Crippen LogP contribution in [0.25, 0.3) is 33.5 Å². The van der Waals surface area contributed by atoms with Crippen molar-refractivity contribution in [3.8, 4) is 33.5 Å². The summed E-state index contributed by atoms with van der Waals surface area (Å²) in [5.74, 6) is -0.904. The van der Waals surface area contributed by atoms with Crippen molar-refractivity contribution in [3.63, 3.8) is 0 Å². The average Bonchev–Trinajstić information content (AvgIpc) is 3.18. The number of halogens is 1. The predicted molar refractivity (Wildman–Crippen MR) is 98.7 cm³/mol. The van der Waals surface area contributed by atoms with Gasteiger partial charge in [0.05, 0.1) is 0 Å². The van der Waals surface area contributed by atoms with E-state index in [0.29, 0.717) is 16.4 Å². The molecule has 0 spiro atoms. The molecule has 132 valence electrons. The van der Waals surface area contributed by atoms with Gasteiger partial charge >= 0.3 is 5.97 Å². The Morgan fingerprint density at radius 3 is 2.48 bits per heavy atom. The number of carboxylic acids is 1. The molecule has 0 aliphatic rings. The minimum Gasteiger partial charge on any atom is -0.478 e. The lowest BCUT2D eigenvalue weighted by atomic mass is 10.1. The van der Waals surface area contributed by atoms with Gasteiger partial charge in [-0.2, -0.15) is 4.37 Å². The van der Waals surface area contributed by atoms with Gasteiger partial charge in [0.1, 0.15) is 17.1 Å². The number of carbonyl (C=O) groups is 1. The first-order valence-corrected chi connectivity index (χ1v) is 8.65. The van der Waals surface area contributed by atoms with Crippen LogP contribution in [0.5, 0.6) is 0 Å². The van der Waals surface area contributed by atoms with E-state index < -0.39 is 11.8 Å². The molecule has 0 unspecified atom stereocenters. The molecule has 0 aliphatic heterocycles. The fraction of sp³-hybridized carbons (Fsp3) is 0. The Morgan fingerprint density at radius 2 is 1.74 bits per heavy atom. The number of rotatable bonds is 4. The van der Waals surface area contributed by atoms with Crippen LogP contribution >= 0.6 is 11.5 Å². The third-order valence-corrected chi connectivity index (χ3v) is 4.48. The predicted octanol–water partition coefficient (Wildman–Crippen LogP) is 4.17. The molecule has 2 heterocycles. The van der Waals surface area contributed by atoms with E-state index in [0.717, 1.165) is 17.1 Å². The Morgan fingerprint density at radius 1 is 0.963 bits per heavy atom. The first-order chi connectivity index (χ1) is 13.1. The Balaban J connectivity index is 1.82. The van der Waals surface area contributed by atoms with Gasteiger partial charge in [0.15, 0.2) is 16.7 Å². The number of hydrogen-bond donors (Lipinski definition) is 1. The molecule has 8 heteroatoms. The Hall–Kier alpha value is -3.52. The van der Waals surface area contributed by atoms with Crippen molar-refractivity contribution in [3.05, 3.63) is 72.2 Å². The molecule has 0 radical (unpaired) electrons. The number of aromatic nitrogens is 4. The lowest BCUT2D eigenvalue weighted by Crippen LogP contribution is -2.04. The zero-order valence-electron chi connectivity index (χ0n) is 13.7. The molecule has 4 aromatic rings. The van der Waals surface area contributed by atoms with Crippen LogP contribution in [0.1, 0.15) is 10.4 Å². The lowest BCUT2D eigenvalue weighted by Gasteiger charge is -2.05. The summed E-state index contributed by atoms with van der Waals surface area (Å²) in [6.45, 7) is 0. The Labute approximate surface area is 157 Å². The number of hydrogen-bond acceptors (Lipinski definition) is 6. The van der Waals surface area contributed by atoms with E-state index in [9.17, 15) is 14.3 Å². The molecule has 0 saturated carbocycles. The van der Waals surface area contributed by atoms with Crippen LogP contribution in [0.4, 0.5) is 4.39 Å². The van der Waals surface area contributed by atoms with Gasteiger partial charge in [0.25, 0.3) is 0 Å².